The third-order valence-electron chi connectivity index (χ3n) is 7.40. The number of hydrogen-bond donors (Lipinski definition) is 5. The fraction of sp³-hybridized carbons (Fsp3) is 0.593. The van der Waals surface area contributed by atoms with E-state index in [9.17, 15) is 36.9 Å². The number of nitrogens with one attached hydrogen (secondary N) is 4. The number of carbonyl (C=O) groups is 5. The van der Waals surface area contributed by atoms with E-state index in [2.05, 4.69) is 21.3 Å². The molecular weight excluding hydrogens is 540 g/mol. The van der Waals surface area contributed by atoms with E-state index in [1.165, 1.54) is 0 Å². The Morgan fingerprint density at radius 2 is 1.25 bits per heavy atom. The molecule has 13 heteroatoms. The summed E-state index contributed by atoms with van der Waals surface area (Å²) in [6.07, 6.45) is 0.995. The highest BCUT2D eigenvalue weighted by Crippen LogP contribution is 2.17. The number of benzene rings is 1. The first kappa shape index (κ1) is 32.9. The van der Waals surface area contributed by atoms with E-state index in [-0.39, 0.29) is 12.3 Å². The standard InChI is InChI=1S/C27H40N4O8S/c1-6-15(3)21-25(34)30-22(16(4)7-2)26(35)31-23(19(17(5)32)14-40(37,38)39)27(36)28-20(24(33)29-21)13-18-11-9-8-10-12-18/h8-12,15-16,19-23H,6-7,13-14H2,1-5H3,(H,28,36)(H,29,33)(H,30,34)(H,31,35)(H,37,38,39)/t15-,16-,19+,20+,21-,22-,23-/m0/s1. The number of ketones is 1. The molecule has 5 N–H and O–H groups in total. The van der Waals surface area contributed by atoms with Crippen LogP contribution in [0.4, 0.5) is 0 Å². The van der Waals surface area contributed by atoms with Crippen LogP contribution in [0.5, 0.6) is 0 Å². The van der Waals surface area contributed by atoms with Crippen molar-refractivity contribution in [1.82, 2.24) is 21.3 Å². The van der Waals surface area contributed by atoms with E-state index in [1.54, 1.807) is 51.1 Å². The topological polar surface area (TPSA) is 188 Å². The molecule has 0 aromatic heterocycles. The highest BCUT2D eigenvalue weighted by molar-refractivity contribution is 7.85. The first-order valence-corrected chi connectivity index (χ1v) is 15.0. The van der Waals surface area contributed by atoms with Gasteiger partial charge in [-0.2, -0.15) is 8.42 Å². The van der Waals surface area contributed by atoms with E-state index >= 15 is 0 Å². The molecule has 1 aromatic carbocycles. The third-order valence-corrected chi connectivity index (χ3v) is 8.18. The van der Waals surface area contributed by atoms with Crippen LogP contribution < -0.4 is 21.3 Å². The molecule has 0 spiro atoms. The van der Waals surface area contributed by atoms with Crippen LogP contribution in [0.1, 0.15) is 53.0 Å². The van der Waals surface area contributed by atoms with Crippen molar-refractivity contribution < 1.29 is 36.9 Å². The Kier molecular flexibility index (Phi) is 11.8. The second-order valence-corrected chi connectivity index (χ2v) is 11.9. The summed E-state index contributed by atoms with van der Waals surface area (Å²) in [5.74, 6) is -7.37. The zero-order chi connectivity index (χ0) is 30.2. The van der Waals surface area contributed by atoms with Gasteiger partial charge in [0.25, 0.3) is 10.1 Å². The largest absolute Gasteiger partial charge is 0.342 e. The summed E-state index contributed by atoms with van der Waals surface area (Å²) in [5.41, 5.74) is 0.679. The van der Waals surface area contributed by atoms with Gasteiger partial charge in [-0.3, -0.25) is 28.5 Å². The molecule has 222 valence electrons. The van der Waals surface area contributed by atoms with Crippen molar-refractivity contribution in [3.05, 3.63) is 35.9 Å². The molecule has 1 aliphatic rings. The van der Waals surface area contributed by atoms with Crippen LogP contribution in [0.2, 0.25) is 0 Å². The van der Waals surface area contributed by atoms with Gasteiger partial charge < -0.3 is 21.3 Å². The molecule has 4 amide bonds. The minimum absolute atomic E-state index is 0.00640. The van der Waals surface area contributed by atoms with Gasteiger partial charge >= 0.3 is 0 Å². The van der Waals surface area contributed by atoms with E-state index < -0.39 is 81.3 Å². The smallest absolute Gasteiger partial charge is 0.265 e. The lowest BCUT2D eigenvalue weighted by Gasteiger charge is -2.34. The first-order chi connectivity index (χ1) is 18.7. The maximum atomic E-state index is 13.6. The Morgan fingerprint density at radius 3 is 1.70 bits per heavy atom. The molecule has 1 fully saturated rings. The summed E-state index contributed by atoms with van der Waals surface area (Å²) in [4.78, 5) is 66.6. The van der Waals surface area contributed by atoms with Crippen LogP contribution in [0, 0.1) is 17.8 Å². The van der Waals surface area contributed by atoms with Gasteiger partial charge in [0.05, 0.1) is 11.7 Å². The van der Waals surface area contributed by atoms with Gasteiger partial charge in [0.1, 0.15) is 30.0 Å². The van der Waals surface area contributed by atoms with Crippen molar-refractivity contribution in [1.29, 1.82) is 0 Å². The van der Waals surface area contributed by atoms with E-state index in [0.717, 1.165) is 6.92 Å². The summed E-state index contributed by atoms with van der Waals surface area (Å²) in [6, 6.07) is 3.58. The van der Waals surface area contributed by atoms with E-state index in [0.29, 0.717) is 18.4 Å². The minimum Gasteiger partial charge on any atom is -0.342 e. The molecule has 0 aliphatic carbocycles. The van der Waals surface area contributed by atoms with Crippen LogP contribution in [0.3, 0.4) is 0 Å². The maximum absolute atomic E-state index is 13.6. The zero-order valence-corrected chi connectivity index (χ0v) is 24.3. The zero-order valence-electron chi connectivity index (χ0n) is 23.5. The van der Waals surface area contributed by atoms with E-state index in [4.69, 9.17) is 0 Å². The van der Waals surface area contributed by atoms with Crippen molar-refractivity contribution in [2.24, 2.45) is 17.8 Å². The molecule has 7 atom stereocenters. The molecule has 1 aromatic rings. The average molecular weight is 581 g/mol. The fourth-order valence-electron chi connectivity index (χ4n) is 4.49. The lowest BCUT2D eigenvalue weighted by atomic mass is 9.92. The highest BCUT2D eigenvalue weighted by atomic mass is 32.2. The van der Waals surface area contributed by atoms with Gasteiger partial charge in [0.15, 0.2) is 0 Å². The lowest BCUT2D eigenvalue weighted by Crippen LogP contribution is -2.65. The summed E-state index contributed by atoms with van der Waals surface area (Å²) < 4.78 is 33.0. The quantitative estimate of drug-likeness (QED) is 0.245. The van der Waals surface area contributed by atoms with Crippen molar-refractivity contribution in [2.45, 2.75) is 78.0 Å². The average Bonchev–Trinajstić information content (AvgIpc) is 2.89. The van der Waals surface area contributed by atoms with E-state index in [1.807, 2.05) is 6.92 Å². The van der Waals surface area contributed by atoms with Crippen LogP contribution in [-0.4, -0.2) is 72.3 Å². The van der Waals surface area contributed by atoms with Crippen molar-refractivity contribution >= 4 is 39.5 Å². The number of hydrogen-bond acceptors (Lipinski definition) is 7. The van der Waals surface area contributed by atoms with Gasteiger partial charge in [-0.05, 0) is 24.3 Å². The number of carbonyl (C=O) groups excluding carboxylic acids is 5. The molecule has 2 rings (SSSR count). The predicted molar refractivity (Wildman–Crippen MR) is 147 cm³/mol. The second kappa shape index (κ2) is 14.4. The summed E-state index contributed by atoms with van der Waals surface area (Å²) in [7, 11) is -4.75. The summed E-state index contributed by atoms with van der Waals surface area (Å²) in [6.45, 7) is 8.17. The molecular formula is C27H40N4O8S. The van der Waals surface area contributed by atoms with Gasteiger partial charge in [-0.1, -0.05) is 70.9 Å². The molecule has 1 aliphatic heterocycles. The number of rotatable bonds is 10. The highest BCUT2D eigenvalue weighted by Gasteiger charge is 2.41. The monoisotopic (exact) mass is 580 g/mol. The van der Waals surface area contributed by atoms with Crippen molar-refractivity contribution in [2.75, 3.05) is 5.75 Å². The summed E-state index contributed by atoms with van der Waals surface area (Å²) in [5, 5.41) is 10.4. The summed E-state index contributed by atoms with van der Waals surface area (Å²) >= 11 is 0. The Morgan fingerprint density at radius 1 is 0.800 bits per heavy atom. The Bertz CT molecular complexity index is 1190. The van der Waals surface area contributed by atoms with Gasteiger partial charge in [0.2, 0.25) is 23.6 Å². The van der Waals surface area contributed by atoms with Crippen LogP contribution in [-0.2, 0) is 40.5 Å². The van der Waals surface area contributed by atoms with Crippen LogP contribution >= 0.6 is 0 Å². The first-order valence-electron chi connectivity index (χ1n) is 13.4. The SMILES string of the molecule is CC[C@H](C)[C@@H]1NC(=O)[C@H]([C@@H](C)CC)NC(=O)[C@@H](Cc2ccccc2)NC(=O)[C@H]([C@H](CS(=O)(=O)O)C(C)=O)NC1=O. The predicted octanol–water partition coefficient (Wildman–Crippen LogP) is 0.367. The molecule has 0 bridgehead atoms. The molecule has 0 unspecified atom stereocenters. The number of Topliss-reactive ketones (excluding diaryl/α,β-unsaturated/α-hetero) is 1. The van der Waals surface area contributed by atoms with Crippen molar-refractivity contribution in [3.8, 4) is 0 Å². The third kappa shape index (κ3) is 9.12. The normalized spacial score (nSPS) is 25.1. The fourth-order valence-corrected chi connectivity index (χ4v) is 5.37. The Hall–Kier alpha value is -3.32. The Labute approximate surface area is 235 Å². The van der Waals surface area contributed by atoms with Crippen molar-refractivity contribution in [3.63, 3.8) is 0 Å². The molecule has 0 radical (unpaired) electrons. The molecule has 40 heavy (non-hydrogen) atoms. The number of amides is 4. The maximum Gasteiger partial charge on any atom is 0.265 e. The molecule has 0 saturated carbocycles. The van der Waals surface area contributed by atoms with Gasteiger partial charge in [-0.25, -0.2) is 0 Å². The second-order valence-electron chi connectivity index (χ2n) is 10.4. The van der Waals surface area contributed by atoms with Gasteiger partial charge in [-0.15, -0.1) is 0 Å². The Balaban J connectivity index is 2.64. The minimum atomic E-state index is -4.75. The molecule has 12 nitrogen and oxygen atoms in total. The van der Waals surface area contributed by atoms with Crippen LogP contribution in [0.25, 0.3) is 0 Å². The lowest BCUT2D eigenvalue weighted by molar-refractivity contribution is -0.139. The van der Waals surface area contributed by atoms with Gasteiger partial charge in [0, 0.05) is 6.42 Å². The molecule has 1 heterocycles. The molecule has 1 saturated heterocycles. The van der Waals surface area contributed by atoms with Crippen LogP contribution in [0.15, 0.2) is 30.3 Å².